The fourth-order valence-electron chi connectivity index (χ4n) is 1.70. The van der Waals surface area contributed by atoms with Gasteiger partial charge in [-0.15, -0.1) is 0 Å². The average molecular weight is 334 g/mol. The zero-order valence-corrected chi connectivity index (χ0v) is 12.6. The predicted octanol–water partition coefficient (Wildman–Crippen LogP) is 5.51. The first-order valence-corrected chi connectivity index (χ1v) is 7.25. The van der Waals surface area contributed by atoms with Crippen molar-refractivity contribution in [2.75, 3.05) is 0 Å². The number of rotatable bonds is 5. The summed E-state index contributed by atoms with van der Waals surface area (Å²) in [5.74, 6) is 0. The van der Waals surface area contributed by atoms with Crippen LogP contribution < -0.4 is 0 Å². The third kappa shape index (κ3) is 3.60. The van der Waals surface area contributed by atoms with Gasteiger partial charge in [-0.3, -0.25) is 0 Å². The molecule has 0 fully saturated rings. The molecular weight excluding hydrogens is 316 g/mol. The van der Waals surface area contributed by atoms with E-state index in [2.05, 4.69) is 57.8 Å². The van der Waals surface area contributed by atoms with Crippen molar-refractivity contribution in [1.82, 2.24) is 0 Å². The monoisotopic (exact) mass is 332 g/mol. The second kappa shape index (κ2) is 6.70. The molecular formula is C13H18Br2. The van der Waals surface area contributed by atoms with Crippen molar-refractivity contribution < 1.29 is 0 Å². The second-order valence-electron chi connectivity index (χ2n) is 3.81. The van der Waals surface area contributed by atoms with Crippen LogP contribution in [0.2, 0.25) is 0 Å². The molecule has 0 spiro atoms. The van der Waals surface area contributed by atoms with Gasteiger partial charge < -0.3 is 0 Å². The van der Waals surface area contributed by atoms with Gasteiger partial charge in [0.05, 0.1) is 0 Å². The van der Waals surface area contributed by atoms with E-state index in [9.17, 15) is 0 Å². The molecule has 1 aromatic rings. The van der Waals surface area contributed by atoms with Crippen molar-refractivity contribution in [1.29, 1.82) is 0 Å². The number of unbranched alkanes of at least 4 members (excludes halogenated alkanes) is 2. The van der Waals surface area contributed by atoms with Gasteiger partial charge in [-0.1, -0.05) is 64.6 Å². The van der Waals surface area contributed by atoms with E-state index in [1.807, 2.05) is 0 Å². The second-order valence-corrected chi connectivity index (χ2v) is 5.46. The number of halogens is 2. The van der Waals surface area contributed by atoms with Crippen LogP contribution in [0.15, 0.2) is 21.1 Å². The van der Waals surface area contributed by atoms with E-state index in [1.54, 1.807) is 0 Å². The highest BCUT2D eigenvalue weighted by atomic mass is 79.9. The summed E-state index contributed by atoms with van der Waals surface area (Å²) in [6.07, 6.45) is 6.14. The predicted molar refractivity (Wildman–Crippen MR) is 74.4 cm³/mol. The van der Waals surface area contributed by atoms with Gasteiger partial charge in [-0.25, -0.2) is 0 Å². The van der Waals surface area contributed by atoms with Crippen LogP contribution in [0.3, 0.4) is 0 Å². The zero-order valence-electron chi connectivity index (χ0n) is 9.45. The lowest BCUT2D eigenvalue weighted by atomic mass is 10.0. The van der Waals surface area contributed by atoms with Crippen LogP contribution in [0.4, 0.5) is 0 Å². The molecule has 0 saturated carbocycles. The minimum atomic E-state index is 1.09. The van der Waals surface area contributed by atoms with Crippen LogP contribution in [0.1, 0.15) is 44.2 Å². The molecule has 15 heavy (non-hydrogen) atoms. The summed E-state index contributed by atoms with van der Waals surface area (Å²) >= 11 is 7.35. The fourth-order valence-corrected chi connectivity index (χ4v) is 3.32. The summed E-state index contributed by atoms with van der Waals surface area (Å²) in [7, 11) is 0. The third-order valence-corrected chi connectivity index (χ3v) is 4.41. The maximum absolute atomic E-state index is 3.71. The Morgan fingerprint density at radius 1 is 1.07 bits per heavy atom. The Bertz CT molecular complexity index is 319. The SMILES string of the molecule is CCCCCc1c(Br)ccc(CC)c1Br. The highest BCUT2D eigenvalue weighted by Gasteiger charge is 2.08. The highest BCUT2D eigenvalue weighted by molar-refractivity contribution is 9.11. The van der Waals surface area contributed by atoms with Crippen LogP contribution in [0, 0.1) is 0 Å². The Kier molecular flexibility index (Phi) is 5.91. The minimum Gasteiger partial charge on any atom is -0.0654 e. The molecule has 0 radical (unpaired) electrons. The molecule has 0 N–H and O–H groups in total. The van der Waals surface area contributed by atoms with Gasteiger partial charge in [0, 0.05) is 8.95 Å². The fraction of sp³-hybridized carbons (Fsp3) is 0.538. The molecule has 0 amide bonds. The lowest BCUT2D eigenvalue weighted by molar-refractivity contribution is 0.714. The van der Waals surface area contributed by atoms with Crippen molar-refractivity contribution in [2.45, 2.75) is 46.0 Å². The molecule has 0 aromatic heterocycles. The molecule has 0 unspecified atom stereocenters. The standard InChI is InChI=1S/C13H18Br2/c1-3-5-6-7-11-12(14)9-8-10(4-2)13(11)15/h8-9H,3-7H2,1-2H3. The highest BCUT2D eigenvalue weighted by Crippen LogP contribution is 2.30. The van der Waals surface area contributed by atoms with Gasteiger partial charge >= 0.3 is 0 Å². The smallest absolute Gasteiger partial charge is 0.0250 e. The first-order chi connectivity index (χ1) is 7.20. The summed E-state index contributed by atoms with van der Waals surface area (Å²) in [6.45, 7) is 4.44. The molecule has 0 bridgehead atoms. The Hall–Kier alpha value is 0.180. The van der Waals surface area contributed by atoms with Crippen molar-refractivity contribution >= 4 is 31.9 Å². The minimum absolute atomic E-state index is 1.09. The summed E-state index contributed by atoms with van der Waals surface area (Å²) in [4.78, 5) is 0. The van der Waals surface area contributed by atoms with E-state index in [1.165, 1.54) is 45.8 Å². The molecule has 2 heteroatoms. The van der Waals surface area contributed by atoms with E-state index >= 15 is 0 Å². The van der Waals surface area contributed by atoms with Gasteiger partial charge in [0.1, 0.15) is 0 Å². The average Bonchev–Trinajstić information content (AvgIpc) is 2.23. The van der Waals surface area contributed by atoms with Crippen molar-refractivity contribution in [3.63, 3.8) is 0 Å². The molecule has 0 aliphatic heterocycles. The van der Waals surface area contributed by atoms with E-state index in [-0.39, 0.29) is 0 Å². The van der Waals surface area contributed by atoms with E-state index in [0.29, 0.717) is 0 Å². The molecule has 0 atom stereocenters. The van der Waals surface area contributed by atoms with Crippen LogP contribution in [-0.4, -0.2) is 0 Å². The normalized spacial score (nSPS) is 10.7. The molecule has 1 aromatic carbocycles. The van der Waals surface area contributed by atoms with E-state index in [4.69, 9.17) is 0 Å². The van der Waals surface area contributed by atoms with Gasteiger partial charge in [-0.05, 0) is 36.5 Å². The largest absolute Gasteiger partial charge is 0.0654 e. The number of hydrogen-bond acceptors (Lipinski definition) is 0. The van der Waals surface area contributed by atoms with Gasteiger partial charge in [-0.2, -0.15) is 0 Å². The Morgan fingerprint density at radius 3 is 2.40 bits per heavy atom. The summed E-state index contributed by atoms with van der Waals surface area (Å²) < 4.78 is 2.54. The van der Waals surface area contributed by atoms with Crippen LogP contribution in [0.25, 0.3) is 0 Å². The van der Waals surface area contributed by atoms with Crippen molar-refractivity contribution in [2.24, 2.45) is 0 Å². The number of benzene rings is 1. The molecule has 0 nitrogen and oxygen atoms in total. The van der Waals surface area contributed by atoms with Gasteiger partial charge in [0.2, 0.25) is 0 Å². The summed E-state index contributed by atoms with van der Waals surface area (Å²) in [5, 5.41) is 0. The van der Waals surface area contributed by atoms with Crippen LogP contribution in [0.5, 0.6) is 0 Å². The first-order valence-electron chi connectivity index (χ1n) is 5.66. The van der Waals surface area contributed by atoms with Crippen LogP contribution >= 0.6 is 31.9 Å². The Labute approximate surface area is 110 Å². The lowest BCUT2D eigenvalue weighted by Crippen LogP contribution is -1.93. The maximum Gasteiger partial charge on any atom is 0.0250 e. The number of aryl methyl sites for hydroxylation is 1. The zero-order chi connectivity index (χ0) is 11.3. The van der Waals surface area contributed by atoms with E-state index in [0.717, 1.165) is 6.42 Å². The first kappa shape index (κ1) is 13.2. The van der Waals surface area contributed by atoms with Gasteiger partial charge in [0.15, 0.2) is 0 Å². The van der Waals surface area contributed by atoms with Gasteiger partial charge in [0.25, 0.3) is 0 Å². The summed E-state index contributed by atoms with van der Waals surface area (Å²) in [6, 6.07) is 4.36. The Balaban J connectivity index is 2.84. The molecule has 0 saturated heterocycles. The maximum atomic E-state index is 3.71. The topological polar surface area (TPSA) is 0 Å². The Morgan fingerprint density at radius 2 is 1.80 bits per heavy atom. The van der Waals surface area contributed by atoms with Crippen molar-refractivity contribution in [3.05, 3.63) is 32.2 Å². The molecule has 0 heterocycles. The third-order valence-electron chi connectivity index (χ3n) is 2.68. The van der Waals surface area contributed by atoms with E-state index < -0.39 is 0 Å². The van der Waals surface area contributed by atoms with Crippen LogP contribution in [-0.2, 0) is 12.8 Å². The molecule has 1 rings (SSSR count). The summed E-state index contributed by atoms with van der Waals surface area (Å²) in [5.41, 5.74) is 2.84. The number of hydrogen-bond donors (Lipinski definition) is 0. The molecule has 0 aliphatic rings. The quantitative estimate of drug-likeness (QED) is 0.623. The molecule has 84 valence electrons. The molecule has 0 aliphatic carbocycles. The van der Waals surface area contributed by atoms with Crippen molar-refractivity contribution in [3.8, 4) is 0 Å². The lowest BCUT2D eigenvalue weighted by Gasteiger charge is -2.10.